The summed E-state index contributed by atoms with van der Waals surface area (Å²) in [6, 6.07) is 24.6. The van der Waals surface area contributed by atoms with Gasteiger partial charge >= 0.3 is 0 Å². The summed E-state index contributed by atoms with van der Waals surface area (Å²) in [5.41, 5.74) is 3.33. The Labute approximate surface area is 172 Å². The maximum absolute atomic E-state index is 13.1. The van der Waals surface area contributed by atoms with Crippen LogP contribution >= 0.6 is 11.6 Å². The van der Waals surface area contributed by atoms with Gasteiger partial charge in [0.05, 0.1) is 16.4 Å². The molecule has 0 bridgehead atoms. The molecule has 1 amide bonds. The Balaban J connectivity index is 1.68. The first kappa shape index (κ1) is 18.9. The molecule has 0 unspecified atom stereocenters. The number of carbonyl (C=O) groups is 1. The number of carbonyl (C=O) groups excluding carboxylic acids is 1. The lowest BCUT2D eigenvalue weighted by atomic mass is 10.1. The summed E-state index contributed by atoms with van der Waals surface area (Å²) in [6.45, 7) is 0.271. The number of halogens is 2. The third kappa shape index (κ3) is 4.20. The first-order valence-electron chi connectivity index (χ1n) is 9.05. The van der Waals surface area contributed by atoms with Crippen LogP contribution in [0.2, 0.25) is 5.02 Å². The zero-order valence-electron chi connectivity index (χ0n) is 15.3. The predicted molar refractivity (Wildman–Crippen MR) is 112 cm³/mol. The van der Waals surface area contributed by atoms with E-state index in [0.29, 0.717) is 22.1 Å². The fraction of sp³-hybridized carbons (Fsp3) is 0.0435. The molecule has 0 fully saturated rings. The molecule has 1 aromatic heterocycles. The van der Waals surface area contributed by atoms with E-state index in [0.717, 1.165) is 11.1 Å². The Morgan fingerprint density at radius 1 is 0.966 bits per heavy atom. The fourth-order valence-corrected chi connectivity index (χ4v) is 3.19. The van der Waals surface area contributed by atoms with E-state index >= 15 is 0 Å². The molecule has 144 valence electrons. The van der Waals surface area contributed by atoms with E-state index in [1.165, 1.54) is 12.1 Å². The quantitative estimate of drug-likeness (QED) is 0.492. The molecule has 0 atom stereocenters. The second kappa shape index (κ2) is 8.29. The van der Waals surface area contributed by atoms with Gasteiger partial charge in [-0.2, -0.15) is 5.10 Å². The lowest BCUT2D eigenvalue weighted by molar-refractivity contribution is 0.0943. The third-order valence-electron chi connectivity index (χ3n) is 4.46. The summed E-state index contributed by atoms with van der Waals surface area (Å²) in [7, 11) is 0. The molecule has 4 nitrogen and oxygen atoms in total. The van der Waals surface area contributed by atoms with Crippen LogP contribution in [0.5, 0.6) is 0 Å². The van der Waals surface area contributed by atoms with E-state index in [2.05, 4.69) is 10.4 Å². The smallest absolute Gasteiger partial charge is 0.270 e. The number of hydrogen-bond acceptors (Lipinski definition) is 2. The van der Waals surface area contributed by atoms with Crippen LogP contribution in [0.3, 0.4) is 0 Å². The van der Waals surface area contributed by atoms with Crippen LogP contribution in [-0.4, -0.2) is 15.7 Å². The Morgan fingerprint density at radius 3 is 2.38 bits per heavy atom. The highest BCUT2D eigenvalue weighted by atomic mass is 35.5. The molecular formula is C23H17ClFN3O. The predicted octanol–water partition coefficient (Wildman–Crippen LogP) is 5.26. The van der Waals surface area contributed by atoms with Crippen molar-refractivity contribution in [3.05, 3.63) is 107 Å². The van der Waals surface area contributed by atoms with E-state index in [1.54, 1.807) is 35.0 Å². The Bertz CT molecular complexity index is 1140. The molecule has 0 aliphatic carbocycles. The van der Waals surface area contributed by atoms with Crippen molar-refractivity contribution in [2.45, 2.75) is 6.54 Å². The molecule has 0 radical (unpaired) electrons. The van der Waals surface area contributed by atoms with Gasteiger partial charge in [0, 0.05) is 12.1 Å². The molecule has 0 spiro atoms. The van der Waals surface area contributed by atoms with Crippen LogP contribution in [0.4, 0.5) is 4.39 Å². The van der Waals surface area contributed by atoms with E-state index in [9.17, 15) is 9.18 Å². The van der Waals surface area contributed by atoms with Gasteiger partial charge in [-0.3, -0.25) is 4.79 Å². The highest BCUT2D eigenvalue weighted by Gasteiger charge is 2.19. The summed E-state index contributed by atoms with van der Waals surface area (Å²) in [5, 5.41) is 7.97. The third-order valence-corrected chi connectivity index (χ3v) is 4.78. The van der Waals surface area contributed by atoms with Crippen molar-refractivity contribution in [2.75, 3.05) is 0 Å². The summed E-state index contributed by atoms with van der Waals surface area (Å²) >= 11 is 6.35. The van der Waals surface area contributed by atoms with Crippen molar-refractivity contribution >= 4 is 17.5 Å². The van der Waals surface area contributed by atoms with E-state index in [1.807, 2.05) is 42.5 Å². The number of nitrogens with one attached hydrogen (secondary N) is 1. The number of hydrogen-bond donors (Lipinski definition) is 1. The minimum Gasteiger partial charge on any atom is -0.347 e. The number of nitrogens with zero attached hydrogens (tertiary/aromatic N) is 2. The van der Waals surface area contributed by atoms with Crippen LogP contribution in [0.15, 0.2) is 84.9 Å². The first-order valence-corrected chi connectivity index (χ1v) is 9.42. The van der Waals surface area contributed by atoms with Gasteiger partial charge in [-0.15, -0.1) is 0 Å². The minimum absolute atomic E-state index is 0.271. The molecule has 0 saturated heterocycles. The molecule has 0 aliphatic rings. The average Bonchev–Trinajstić information content (AvgIpc) is 3.19. The van der Waals surface area contributed by atoms with E-state index in [4.69, 9.17) is 11.6 Å². The van der Waals surface area contributed by atoms with Gasteiger partial charge in [0.1, 0.15) is 11.5 Å². The zero-order valence-corrected chi connectivity index (χ0v) is 16.1. The van der Waals surface area contributed by atoms with Crippen molar-refractivity contribution in [1.29, 1.82) is 0 Å². The van der Waals surface area contributed by atoms with Gasteiger partial charge in [0.25, 0.3) is 5.91 Å². The van der Waals surface area contributed by atoms with Gasteiger partial charge in [0.15, 0.2) is 0 Å². The lowest BCUT2D eigenvalue weighted by Crippen LogP contribution is -2.25. The molecule has 0 saturated carbocycles. The lowest BCUT2D eigenvalue weighted by Gasteiger charge is -2.10. The van der Waals surface area contributed by atoms with Gasteiger partial charge in [-0.25, -0.2) is 9.07 Å². The van der Waals surface area contributed by atoms with Crippen LogP contribution < -0.4 is 5.32 Å². The average molecular weight is 406 g/mol. The highest BCUT2D eigenvalue weighted by molar-refractivity contribution is 6.32. The van der Waals surface area contributed by atoms with E-state index < -0.39 is 0 Å². The number of rotatable bonds is 5. The normalized spacial score (nSPS) is 10.7. The topological polar surface area (TPSA) is 46.9 Å². The number of aromatic nitrogens is 2. The van der Waals surface area contributed by atoms with Crippen molar-refractivity contribution in [3.8, 4) is 16.9 Å². The standard InChI is InChI=1S/C23H17ClFN3O/c24-19-8-4-5-9-21(19)28-22(14-20(27-28)17-6-2-1-3-7-17)23(29)26-15-16-10-12-18(25)13-11-16/h1-14H,15H2,(H,26,29). The number of amides is 1. The van der Waals surface area contributed by atoms with Crippen LogP contribution in [-0.2, 0) is 6.54 Å². The van der Waals surface area contributed by atoms with Gasteiger partial charge in [-0.05, 0) is 35.9 Å². The molecule has 1 N–H and O–H groups in total. The van der Waals surface area contributed by atoms with Crippen LogP contribution in [0, 0.1) is 5.82 Å². The maximum Gasteiger partial charge on any atom is 0.270 e. The summed E-state index contributed by atoms with van der Waals surface area (Å²) in [4.78, 5) is 12.9. The monoisotopic (exact) mass is 405 g/mol. The minimum atomic E-state index is -0.315. The molecule has 0 aliphatic heterocycles. The van der Waals surface area contributed by atoms with Crippen molar-refractivity contribution < 1.29 is 9.18 Å². The van der Waals surface area contributed by atoms with Crippen molar-refractivity contribution in [3.63, 3.8) is 0 Å². The number of benzene rings is 3. The van der Waals surface area contributed by atoms with Crippen molar-refractivity contribution in [1.82, 2.24) is 15.1 Å². The SMILES string of the molecule is O=C(NCc1ccc(F)cc1)c1cc(-c2ccccc2)nn1-c1ccccc1Cl. The van der Waals surface area contributed by atoms with Crippen LogP contribution in [0.25, 0.3) is 16.9 Å². The van der Waals surface area contributed by atoms with Crippen molar-refractivity contribution in [2.24, 2.45) is 0 Å². The van der Waals surface area contributed by atoms with E-state index in [-0.39, 0.29) is 18.3 Å². The molecule has 1 heterocycles. The van der Waals surface area contributed by atoms with Gasteiger partial charge < -0.3 is 5.32 Å². The second-order valence-corrected chi connectivity index (χ2v) is 6.86. The largest absolute Gasteiger partial charge is 0.347 e. The van der Waals surface area contributed by atoms with Crippen LogP contribution in [0.1, 0.15) is 16.1 Å². The van der Waals surface area contributed by atoms with Gasteiger partial charge in [-0.1, -0.05) is 66.2 Å². The molecule has 4 rings (SSSR count). The highest BCUT2D eigenvalue weighted by Crippen LogP contribution is 2.25. The first-order chi connectivity index (χ1) is 14.1. The Hall–Kier alpha value is -3.44. The molecule has 3 aromatic carbocycles. The zero-order chi connectivity index (χ0) is 20.2. The van der Waals surface area contributed by atoms with Gasteiger partial charge in [0.2, 0.25) is 0 Å². The summed E-state index contributed by atoms with van der Waals surface area (Å²) < 4.78 is 14.6. The fourth-order valence-electron chi connectivity index (χ4n) is 2.98. The second-order valence-electron chi connectivity index (χ2n) is 6.45. The number of para-hydroxylation sites is 1. The summed E-state index contributed by atoms with van der Waals surface area (Å²) in [5.74, 6) is -0.617. The molecule has 6 heteroatoms. The maximum atomic E-state index is 13.1. The molecule has 4 aromatic rings. The molecular weight excluding hydrogens is 389 g/mol. The Kier molecular flexibility index (Phi) is 5.40. The Morgan fingerprint density at radius 2 is 1.66 bits per heavy atom. The summed E-state index contributed by atoms with van der Waals surface area (Å²) in [6.07, 6.45) is 0. The molecule has 29 heavy (non-hydrogen) atoms.